The molecule has 0 atom stereocenters. The van der Waals surface area contributed by atoms with E-state index in [1.165, 1.54) is 0 Å². The van der Waals surface area contributed by atoms with Crippen molar-refractivity contribution in [3.63, 3.8) is 0 Å². The summed E-state index contributed by atoms with van der Waals surface area (Å²) in [6.45, 7) is 2.36. The van der Waals surface area contributed by atoms with Crippen molar-refractivity contribution < 1.29 is 4.79 Å². The van der Waals surface area contributed by atoms with Gasteiger partial charge in [-0.2, -0.15) is 5.10 Å². The van der Waals surface area contributed by atoms with Gasteiger partial charge in [0, 0.05) is 29.4 Å². The molecule has 0 fully saturated rings. The van der Waals surface area contributed by atoms with Crippen LogP contribution in [0.15, 0.2) is 60.8 Å². The van der Waals surface area contributed by atoms with Gasteiger partial charge >= 0.3 is 0 Å². The Morgan fingerprint density at radius 2 is 1.97 bits per heavy atom. The number of nitrogens with zero attached hydrogens (tertiary/aromatic N) is 3. The number of nitrogens with one attached hydrogen (secondary N) is 3. The number of benzene rings is 2. The van der Waals surface area contributed by atoms with Crippen LogP contribution in [0.3, 0.4) is 0 Å². The zero-order valence-corrected chi connectivity index (χ0v) is 15.7. The Morgan fingerprint density at radius 1 is 1.07 bits per heavy atom. The van der Waals surface area contributed by atoms with E-state index in [0.29, 0.717) is 17.9 Å². The third-order valence-electron chi connectivity index (χ3n) is 4.86. The minimum absolute atomic E-state index is 0.145. The Bertz CT molecular complexity index is 1330. The Hall–Kier alpha value is -4.00. The maximum Gasteiger partial charge on any atom is 0.251 e. The van der Waals surface area contributed by atoms with Gasteiger partial charge in [-0.1, -0.05) is 24.3 Å². The summed E-state index contributed by atoms with van der Waals surface area (Å²) in [6.07, 6.45) is 1.77. The molecule has 3 heterocycles. The molecular formula is C22H18N6O. The van der Waals surface area contributed by atoms with Gasteiger partial charge in [0.05, 0.1) is 16.6 Å². The van der Waals surface area contributed by atoms with Crippen molar-refractivity contribution in [3.8, 4) is 11.5 Å². The largest absolute Gasteiger partial charge is 0.348 e. The molecule has 0 unspecified atom stereocenters. The Kier molecular flexibility index (Phi) is 4.05. The van der Waals surface area contributed by atoms with Gasteiger partial charge in [0.15, 0.2) is 5.82 Å². The first-order chi connectivity index (χ1) is 14.2. The summed E-state index contributed by atoms with van der Waals surface area (Å²) >= 11 is 0. The van der Waals surface area contributed by atoms with E-state index in [0.717, 1.165) is 38.9 Å². The number of rotatable bonds is 4. The number of hydrogen-bond donors (Lipinski definition) is 3. The van der Waals surface area contributed by atoms with Gasteiger partial charge in [0.1, 0.15) is 5.69 Å². The molecule has 0 saturated heterocycles. The molecule has 0 bridgehead atoms. The van der Waals surface area contributed by atoms with Crippen molar-refractivity contribution in [2.24, 2.45) is 0 Å². The van der Waals surface area contributed by atoms with Crippen molar-refractivity contribution >= 4 is 27.8 Å². The van der Waals surface area contributed by atoms with Crippen LogP contribution >= 0.6 is 0 Å². The van der Waals surface area contributed by atoms with Gasteiger partial charge in [-0.25, -0.2) is 4.98 Å². The fourth-order valence-electron chi connectivity index (χ4n) is 3.29. The molecule has 5 aromatic rings. The maximum atomic E-state index is 12.6. The monoisotopic (exact) mass is 382 g/mol. The van der Waals surface area contributed by atoms with Gasteiger partial charge in [-0.05, 0) is 42.8 Å². The summed E-state index contributed by atoms with van der Waals surface area (Å²) in [7, 11) is 0. The van der Waals surface area contributed by atoms with Crippen LogP contribution in [0.2, 0.25) is 0 Å². The highest BCUT2D eigenvalue weighted by Gasteiger charge is 2.14. The normalized spacial score (nSPS) is 11.2. The smallest absolute Gasteiger partial charge is 0.251 e. The number of fused-ring (bicyclic) bond motifs is 2. The lowest BCUT2D eigenvalue weighted by Crippen LogP contribution is -2.22. The van der Waals surface area contributed by atoms with Crippen LogP contribution < -0.4 is 5.32 Å². The van der Waals surface area contributed by atoms with Crippen LogP contribution in [0.5, 0.6) is 0 Å². The van der Waals surface area contributed by atoms with Crippen LogP contribution in [-0.4, -0.2) is 31.1 Å². The summed E-state index contributed by atoms with van der Waals surface area (Å²) in [4.78, 5) is 24.7. The van der Waals surface area contributed by atoms with Crippen molar-refractivity contribution in [1.82, 2.24) is 30.5 Å². The average Bonchev–Trinajstić information content (AvgIpc) is 3.36. The summed E-state index contributed by atoms with van der Waals surface area (Å²) in [5.74, 6) is 0.523. The van der Waals surface area contributed by atoms with E-state index in [-0.39, 0.29) is 5.91 Å². The third-order valence-corrected chi connectivity index (χ3v) is 4.86. The van der Waals surface area contributed by atoms with Crippen LogP contribution in [0, 0.1) is 6.92 Å². The predicted molar refractivity (Wildman–Crippen MR) is 111 cm³/mol. The van der Waals surface area contributed by atoms with Gasteiger partial charge in [-0.3, -0.25) is 14.9 Å². The van der Waals surface area contributed by atoms with Crippen LogP contribution in [-0.2, 0) is 6.54 Å². The first-order valence-electron chi connectivity index (χ1n) is 9.30. The highest BCUT2D eigenvalue weighted by molar-refractivity contribution is 5.98. The predicted octanol–water partition coefficient (Wildman–Crippen LogP) is 3.74. The van der Waals surface area contributed by atoms with Gasteiger partial charge in [0.25, 0.3) is 5.91 Å². The molecule has 0 aliphatic carbocycles. The van der Waals surface area contributed by atoms with Crippen molar-refractivity contribution in [1.29, 1.82) is 0 Å². The van der Waals surface area contributed by atoms with E-state index in [4.69, 9.17) is 0 Å². The number of amides is 1. The highest BCUT2D eigenvalue weighted by Crippen LogP contribution is 2.26. The number of pyridine rings is 1. The second-order valence-corrected chi connectivity index (χ2v) is 6.93. The van der Waals surface area contributed by atoms with Crippen LogP contribution in [0.4, 0.5) is 0 Å². The number of H-pyrrole nitrogens is 2. The zero-order valence-electron chi connectivity index (χ0n) is 15.7. The molecule has 0 spiro atoms. The first-order valence-corrected chi connectivity index (χ1v) is 9.30. The number of carbonyl (C=O) groups is 1. The third kappa shape index (κ3) is 3.23. The minimum atomic E-state index is -0.145. The number of hydrogen-bond acceptors (Lipinski definition) is 4. The molecule has 0 aliphatic heterocycles. The summed E-state index contributed by atoms with van der Waals surface area (Å²) in [5, 5.41) is 11.3. The molecular weight excluding hydrogens is 364 g/mol. The summed E-state index contributed by atoms with van der Waals surface area (Å²) in [6, 6.07) is 17.2. The number of aryl methyl sites for hydroxylation is 1. The van der Waals surface area contributed by atoms with Crippen molar-refractivity contribution in [2.75, 3.05) is 0 Å². The Balaban J connectivity index is 1.40. The SMILES string of the molecule is Cc1ccc(CNC(=O)c2ccc3nc(-c4n[nH]c5ccccc45)[nH]c3c2)cn1. The van der Waals surface area contributed by atoms with Gasteiger partial charge in [0.2, 0.25) is 0 Å². The van der Waals surface area contributed by atoms with E-state index in [9.17, 15) is 4.79 Å². The van der Waals surface area contributed by atoms with E-state index in [2.05, 4.69) is 30.5 Å². The molecule has 0 aliphatic rings. The number of carbonyl (C=O) groups excluding carboxylic acids is 1. The van der Waals surface area contributed by atoms with Gasteiger partial charge in [-0.15, -0.1) is 0 Å². The Labute approximate surface area is 166 Å². The van der Waals surface area contributed by atoms with E-state index in [1.807, 2.05) is 55.5 Å². The maximum absolute atomic E-state index is 12.6. The molecule has 142 valence electrons. The fourth-order valence-corrected chi connectivity index (χ4v) is 3.29. The molecule has 0 saturated carbocycles. The number of para-hydroxylation sites is 1. The van der Waals surface area contributed by atoms with E-state index in [1.54, 1.807) is 12.3 Å². The molecule has 5 rings (SSSR count). The molecule has 0 radical (unpaired) electrons. The lowest BCUT2D eigenvalue weighted by atomic mass is 10.2. The van der Waals surface area contributed by atoms with Crippen molar-refractivity contribution in [2.45, 2.75) is 13.5 Å². The lowest BCUT2D eigenvalue weighted by molar-refractivity contribution is 0.0951. The lowest BCUT2D eigenvalue weighted by Gasteiger charge is -2.05. The molecule has 3 N–H and O–H groups in total. The quantitative estimate of drug-likeness (QED) is 0.441. The Morgan fingerprint density at radius 3 is 2.83 bits per heavy atom. The number of imidazole rings is 1. The van der Waals surface area contributed by atoms with Crippen molar-refractivity contribution in [3.05, 3.63) is 77.6 Å². The first kappa shape index (κ1) is 17.1. The average molecular weight is 382 g/mol. The highest BCUT2D eigenvalue weighted by atomic mass is 16.1. The van der Waals surface area contributed by atoms with E-state index >= 15 is 0 Å². The summed E-state index contributed by atoms with van der Waals surface area (Å²) < 4.78 is 0. The molecule has 7 heteroatoms. The second-order valence-electron chi connectivity index (χ2n) is 6.93. The topological polar surface area (TPSA) is 99.4 Å². The molecule has 7 nitrogen and oxygen atoms in total. The standard InChI is InChI=1S/C22H18N6O/c1-13-6-7-14(11-23-13)12-24-22(29)15-8-9-18-19(10-15)26-21(25-18)20-16-4-2-3-5-17(16)27-28-20/h2-11H,12H2,1H3,(H,24,29)(H,25,26)(H,27,28). The molecule has 3 aromatic heterocycles. The minimum Gasteiger partial charge on any atom is -0.348 e. The van der Waals surface area contributed by atoms with Gasteiger partial charge < -0.3 is 10.3 Å². The second kappa shape index (κ2) is 6.87. The number of aromatic nitrogens is 5. The van der Waals surface area contributed by atoms with Crippen LogP contribution in [0.25, 0.3) is 33.5 Å². The molecule has 29 heavy (non-hydrogen) atoms. The molecule has 1 amide bonds. The van der Waals surface area contributed by atoms with E-state index < -0.39 is 0 Å². The summed E-state index contributed by atoms with van der Waals surface area (Å²) in [5.41, 5.74) is 5.76. The number of aromatic amines is 2. The fraction of sp³-hybridized carbons (Fsp3) is 0.0909. The van der Waals surface area contributed by atoms with Crippen LogP contribution in [0.1, 0.15) is 21.6 Å². The molecule has 2 aromatic carbocycles. The zero-order chi connectivity index (χ0) is 19.8.